The van der Waals surface area contributed by atoms with Crippen molar-refractivity contribution in [3.8, 4) is 0 Å². The van der Waals surface area contributed by atoms with Gasteiger partial charge in [0.2, 0.25) is 5.91 Å². The van der Waals surface area contributed by atoms with Crippen molar-refractivity contribution in [3.05, 3.63) is 57.8 Å². The highest BCUT2D eigenvalue weighted by Gasteiger charge is 2.02. The van der Waals surface area contributed by atoms with E-state index in [9.17, 15) is 4.79 Å². The fourth-order valence-electron chi connectivity index (χ4n) is 1.92. The van der Waals surface area contributed by atoms with E-state index in [1.807, 2.05) is 25.1 Å². The Morgan fingerprint density at radius 2 is 2.14 bits per heavy atom. The Labute approximate surface area is 134 Å². The van der Waals surface area contributed by atoms with Gasteiger partial charge in [-0.1, -0.05) is 18.2 Å². The number of aliphatic imine (C=N–C) groups is 1. The molecule has 0 spiro atoms. The van der Waals surface area contributed by atoms with Gasteiger partial charge in [-0.05, 0) is 36.1 Å². The van der Waals surface area contributed by atoms with E-state index < -0.39 is 5.91 Å². The van der Waals surface area contributed by atoms with Crippen LogP contribution < -0.4 is 16.4 Å². The maximum atomic E-state index is 11.2. The summed E-state index contributed by atoms with van der Waals surface area (Å²) < 4.78 is 0. The standard InChI is InChI=1S/C16H20N4OS/c1-2-18-16(20-11-14-7-4-8-22-14)19-10-12-5-3-6-13(9-12)15(17)21/h3-9H,2,10-11H2,1H3,(H2,17,21)(H2,18,19,20). The number of hydrogen-bond acceptors (Lipinski definition) is 3. The Bertz CT molecular complexity index is 637. The molecule has 2 rings (SSSR count). The third-order valence-electron chi connectivity index (χ3n) is 2.99. The van der Waals surface area contributed by atoms with Gasteiger partial charge in [0.25, 0.3) is 0 Å². The second-order valence-corrected chi connectivity index (χ2v) is 5.72. The van der Waals surface area contributed by atoms with Crippen LogP contribution in [0.2, 0.25) is 0 Å². The summed E-state index contributed by atoms with van der Waals surface area (Å²) in [4.78, 5) is 17.0. The third kappa shape index (κ3) is 4.89. The molecule has 4 N–H and O–H groups in total. The predicted octanol–water partition coefficient (Wildman–Crippen LogP) is 2.10. The predicted molar refractivity (Wildman–Crippen MR) is 90.9 cm³/mol. The van der Waals surface area contributed by atoms with E-state index >= 15 is 0 Å². The first kappa shape index (κ1) is 16.0. The van der Waals surface area contributed by atoms with Crippen LogP contribution in [0.4, 0.5) is 0 Å². The number of carbonyl (C=O) groups excluding carboxylic acids is 1. The van der Waals surface area contributed by atoms with Crippen molar-refractivity contribution in [1.29, 1.82) is 0 Å². The second-order valence-electron chi connectivity index (χ2n) is 4.69. The van der Waals surface area contributed by atoms with Gasteiger partial charge in [-0.2, -0.15) is 0 Å². The first-order chi connectivity index (χ1) is 10.7. The largest absolute Gasteiger partial charge is 0.366 e. The fourth-order valence-corrected chi connectivity index (χ4v) is 2.56. The number of guanidine groups is 1. The third-order valence-corrected chi connectivity index (χ3v) is 3.86. The molecule has 6 heteroatoms. The smallest absolute Gasteiger partial charge is 0.248 e. The summed E-state index contributed by atoms with van der Waals surface area (Å²) in [6, 6.07) is 11.3. The van der Waals surface area contributed by atoms with Crippen LogP contribution in [0.5, 0.6) is 0 Å². The van der Waals surface area contributed by atoms with Crippen LogP contribution in [0.1, 0.15) is 27.7 Å². The minimum absolute atomic E-state index is 0.423. The number of nitrogens with one attached hydrogen (secondary N) is 2. The Morgan fingerprint density at radius 1 is 1.27 bits per heavy atom. The average molecular weight is 316 g/mol. The maximum Gasteiger partial charge on any atom is 0.248 e. The van der Waals surface area contributed by atoms with Gasteiger partial charge in [-0.3, -0.25) is 4.79 Å². The normalized spacial score (nSPS) is 11.2. The number of primary amides is 1. The lowest BCUT2D eigenvalue weighted by atomic mass is 10.1. The first-order valence-electron chi connectivity index (χ1n) is 7.12. The lowest BCUT2D eigenvalue weighted by Crippen LogP contribution is -2.36. The summed E-state index contributed by atoms with van der Waals surface area (Å²) in [6.07, 6.45) is 0. The van der Waals surface area contributed by atoms with E-state index in [4.69, 9.17) is 5.73 Å². The van der Waals surface area contributed by atoms with Crippen molar-refractivity contribution < 1.29 is 4.79 Å². The molecule has 1 amide bonds. The van der Waals surface area contributed by atoms with Crippen molar-refractivity contribution >= 4 is 23.2 Å². The zero-order valence-electron chi connectivity index (χ0n) is 12.5. The molecule has 1 aromatic carbocycles. The summed E-state index contributed by atoms with van der Waals surface area (Å²) in [7, 11) is 0. The Hall–Kier alpha value is -2.34. The lowest BCUT2D eigenvalue weighted by molar-refractivity contribution is 0.1000. The highest BCUT2D eigenvalue weighted by atomic mass is 32.1. The van der Waals surface area contributed by atoms with Crippen molar-refractivity contribution in [3.63, 3.8) is 0 Å². The number of nitrogens with zero attached hydrogens (tertiary/aromatic N) is 1. The molecule has 5 nitrogen and oxygen atoms in total. The van der Waals surface area contributed by atoms with Gasteiger partial charge in [-0.15, -0.1) is 11.3 Å². The average Bonchev–Trinajstić information content (AvgIpc) is 3.03. The summed E-state index contributed by atoms with van der Waals surface area (Å²) in [5.74, 6) is 0.328. The van der Waals surface area contributed by atoms with E-state index in [0.29, 0.717) is 12.1 Å². The monoisotopic (exact) mass is 316 g/mol. The van der Waals surface area contributed by atoms with E-state index in [1.54, 1.807) is 23.5 Å². The van der Waals surface area contributed by atoms with Crippen LogP contribution in [0.3, 0.4) is 0 Å². The first-order valence-corrected chi connectivity index (χ1v) is 8.00. The van der Waals surface area contributed by atoms with Gasteiger partial charge in [0.05, 0.1) is 13.1 Å². The molecular weight excluding hydrogens is 296 g/mol. The minimum Gasteiger partial charge on any atom is -0.366 e. The van der Waals surface area contributed by atoms with Crippen LogP contribution in [0, 0.1) is 0 Å². The van der Waals surface area contributed by atoms with E-state index in [1.165, 1.54) is 4.88 Å². The molecule has 0 aliphatic rings. The zero-order chi connectivity index (χ0) is 15.8. The summed E-state index contributed by atoms with van der Waals surface area (Å²) in [6.45, 7) is 4.04. The highest BCUT2D eigenvalue weighted by molar-refractivity contribution is 7.09. The molecule has 22 heavy (non-hydrogen) atoms. The molecule has 0 unspecified atom stereocenters. The van der Waals surface area contributed by atoms with Crippen molar-refractivity contribution in [2.75, 3.05) is 6.54 Å². The van der Waals surface area contributed by atoms with Gasteiger partial charge in [0, 0.05) is 17.0 Å². The van der Waals surface area contributed by atoms with Crippen LogP contribution in [0.25, 0.3) is 0 Å². The van der Waals surface area contributed by atoms with Crippen LogP contribution in [-0.4, -0.2) is 18.4 Å². The summed E-state index contributed by atoms with van der Waals surface area (Å²) in [5.41, 5.74) is 6.74. The SMILES string of the molecule is CCNC(=NCc1cccc(C(N)=O)c1)NCc1cccs1. The van der Waals surface area contributed by atoms with Crippen molar-refractivity contribution in [1.82, 2.24) is 10.6 Å². The Balaban J connectivity index is 1.99. The highest BCUT2D eigenvalue weighted by Crippen LogP contribution is 2.08. The van der Waals surface area contributed by atoms with Crippen LogP contribution in [-0.2, 0) is 13.1 Å². The zero-order valence-corrected chi connectivity index (χ0v) is 13.3. The van der Waals surface area contributed by atoms with Gasteiger partial charge in [0.1, 0.15) is 0 Å². The van der Waals surface area contributed by atoms with Crippen LogP contribution >= 0.6 is 11.3 Å². The number of benzene rings is 1. The molecular formula is C16H20N4OS. The van der Waals surface area contributed by atoms with Gasteiger partial charge in [0.15, 0.2) is 5.96 Å². The molecule has 0 bridgehead atoms. The Kier molecular flexibility index (Phi) is 5.97. The van der Waals surface area contributed by atoms with E-state index in [-0.39, 0.29) is 0 Å². The molecule has 0 aliphatic heterocycles. The van der Waals surface area contributed by atoms with E-state index in [0.717, 1.165) is 24.6 Å². The molecule has 0 aliphatic carbocycles. The number of thiophene rings is 1. The molecule has 0 radical (unpaired) electrons. The molecule has 2 aromatic rings. The summed E-state index contributed by atoms with van der Waals surface area (Å²) >= 11 is 1.71. The molecule has 0 saturated heterocycles. The number of carbonyl (C=O) groups is 1. The molecule has 1 aromatic heterocycles. The molecule has 0 fully saturated rings. The fraction of sp³-hybridized carbons (Fsp3) is 0.250. The lowest BCUT2D eigenvalue weighted by Gasteiger charge is -2.10. The van der Waals surface area contributed by atoms with Crippen molar-refractivity contribution in [2.45, 2.75) is 20.0 Å². The number of rotatable bonds is 6. The van der Waals surface area contributed by atoms with Gasteiger partial charge < -0.3 is 16.4 Å². The number of hydrogen-bond donors (Lipinski definition) is 3. The van der Waals surface area contributed by atoms with Gasteiger partial charge in [-0.25, -0.2) is 4.99 Å². The molecule has 116 valence electrons. The number of nitrogens with two attached hydrogens (primary N) is 1. The number of amides is 1. The minimum atomic E-state index is -0.423. The topological polar surface area (TPSA) is 79.5 Å². The second kappa shape index (κ2) is 8.19. The Morgan fingerprint density at radius 3 is 2.82 bits per heavy atom. The molecule has 0 saturated carbocycles. The molecule has 0 atom stereocenters. The van der Waals surface area contributed by atoms with Gasteiger partial charge >= 0.3 is 0 Å². The quantitative estimate of drug-likeness (QED) is 0.564. The van der Waals surface area contributed by atoms with Crippen LogP contribution in [0.15, 0.2) is 46.8 Å². The van der Waals surface area contributed by atoms with Crippen molar-refractivity contribution in [2.24, 2.45) is 10.7 Å². The summed E-state index contributed by atoms with van der Waals surface area (Å²) in [5, 5.41) is 8.54. The maximum absolute atomic E-state index is 11.2. The van der Waals surface area contributed by atoms with E-state index in [2.05, 4.69) is 27.1 Å². The molecule has 1 heterocycles.